The van der Waals surface area contributed by atoms with Gasteiger partial charge in [0.1, 0.15) is 23.2 Å². The molecule has 2 aromatic carbocycles. The van der Waals surface area contributed by atoms with Gasteiger partial charge in [0.15, 0.2) is 6.61 Å². The van der Waals surface area contributed by atoms with Gasteiger partial charge < -0.3 is 30.5 Å². The van der Waals surface area contributed by atoms with Crippen LogP contribution >= 0.6 is 0 Å². The number of halogens is 4. The molecule has 2 aromatic rings. The van der Waals surface area contributed by atoms with Gasteiger partial charge >= 0.3 is 6.18 Å². The van der Waals surface area contributed by atoms with Gasteiger partial charge in [-0.1, -0.05) is 30.3 Å². The molecule has 228 valence electrons. The standard InChI is InChI=1S/C28H38F4N4O5/c1-18(16-34-21-11-10-20(14-23(21)40-4)41-17-24(38)33-12-13-37)35-26(39)22(15-27(2,3)29)36-25(28(30,31)32)19-8-6-5-7-9-19/h5-11,14,18,22,25,34,36-37H,12-13,15-17H2,1-4H3,(H,33,38)(H,35,39)/t18-,22-,25-/m0/s1. The number of anilines is 1. The van der Waals surface area contributed by atoms with Crippen LogP contribution in [-0.4, -0.2) is 74.3 Å². The van der Waals surface area contributed by atoms with Crippen molar-refractivity contribution in [3.63, 3.8) is 0 Å². The van der Waals surface area contributed by atoms with E-state index in [0.717, 1.165) is 0 Å². The quantitative estimate of drug-likeness (QED) is 0.191. The van der Waals surface area contributed by atoms with Crippen LogP contribution in [0.2, 0.25) is 0 Å². The van der Waals surface area contributed by atoms with E-state index in [1.54, 1.807) is 31.2 Å². The summed E-state index contributed by atoms with van der Waals surface area (Å²) < 4.78 is 67.1. The summed E-state index contributed by atoms with van der Waals surface area (Å²) in [7, 11) is 1.43. The lowest BCUT2D eigenvalue weighted by Crippen LogP contribution is -2.53. The number of rotatable bonds is 16. The molecule has 0 aliphatic carbocycles. The molecule has 2 rings (SSSR count). The maximum Gasteiger partial charge on any atom is 0.407 e. The first-order chi connectivity index (χ1) is 19.2. The molecule has 0 spiro atoms. The average molecular weight is 587 g/mol. The lowest BCUT2D eigenvalue weighted by Gasteiger charge is -2.30. The molecule has 0 fully saturated rings. The summed E-state index contributed by atoms with van der Waals surface area (Å²) in [5.41, 5.74) is -1.47. The van der Waals surface area contributed by atoms with E-state index in [2.05, 4.69) is 21.3 Å². The van der Waals surface area contributed by atoms with E-state index in [9.17, 15) is 27.2 Å². The van der Waals surface area contributed by atoms with Crippen LogP contribution in [0.4, 0.5) is 23.2 Å². The number of hydrogen-bond acceptors (Lipinski definition) is 7. The van der Waals surface area contributed by atoms with Gasteiger partial charge in [0, 0.05) is 31.6 Å². The molecule has 9 nitrogen and oxygen atoms in total. The minimum absolute atomic E-state index is 0.0884. The fourth-order valence-corrected chi connectivity index (χ4v) is 3.90. The molecule has 0 radical (unpaired) electrons. The Morgan fingerprint density at radius 1 is 1.05 bits per heavy atom. The second-order valence-corrected chi connectivity index (χ2v) is 10.0. The zero-order valence-electron chi connectivity index (χ0n) is 23.5. The third-order valence-corrected chi connectivity index (χ3v) is 5.80. The van der Waals surface area contributed by atoms with Gasteiger partial charge in [0.05, 0.1) is 25.4 Å². The molecule has 3 atom stereocenters. The van der Waals surface area contributed by atoms with Gasteiger partial charge in [-0.05, 0) is 38.5 Å². The molecule has 0 saturated carbocycles. The van der Waals surface area contributed by atoms with Gasteiger partial charge in [0.2, 0.25) is 5.91 Å². The number of amides is 2. The molecular formula is C28H38F4N4O5. The topological polar surface area (TPSA) is 121 Å². The Kier molecular flexibility index (Phi) is 12.7. The van der Waals surface area contributed by atoms with E-state index in [-0.39, 0.29) is 31.9 Å². The highest BCUT2D eigenvalue weighted by atomic mass is 19.4. The van der Waals surface area contributed by atoms with Crippen LogP contribution in [0.25, 0.3) is 0 Å². The summed E-state index contributed by atoms with van der Waals surface area (Å²) in [5.74, 6) is -0.441. The molecular weight excluding hydrogens is 548 g/mol. The highest BCUT2D eigenvalue weighted by molar-refractivity contribution is 5.82. The van der Waals surface area contributed by atoms with Crippen LogP contribution in [0.1, 0.15) is 38.8 Å². The van der Waals surface area contributed by atoms with Crippen molar-refractivity contribution in [3.05, 3.63) is 54.1 Å². The molecule has 2 amide bonds. The highest BCUT2D eigenvalue weighted by Crippen LogP contribution is 2.34. The maximum absolute atomic E-state index is 14.6. The monoisotopic (exact) mass is 586 g/mol. The van der Waals surface area contributed by atoms with E-state index in [1.807, 2.05) is 0 Å². The summed E-state index contributed by atoms with van der Waals surface area (Å²) in [6.07, 6.45) is -5.20. The molecule has 0 heterocycles. The fourth-order valence-electron chi connectivity index (χ4n) is 3.90. The number of methoxy groups -OCH3 is 1. The number of alkyl halides is 4. The van der Waals surface area contributed by atoms with Crippen molar-refractivity contribution in [2.45, 2.75) is 57.2 Å². The van der Waals surface area contributed by atoms with Crippen LogP contribution in [0.5, 0.6) is 11.5 Å². The largest absolute Gasteiger partial charge is 0.494 e. The first kappa shape index (κ1) is 33.6. The second kappa shape index (κ2) is 15.4. The van der Waals surface area contributed by atoms with Gasteiger partial charge in [0.25, 0.3) is 5.91 Å². The van der Waals surface area contributed by atoms with Crippen LogP contribution in [0, 0.1) is 0 Å². The average Bonchev–Trinajstić information content (AvgIpc) is 2.91. The summed E-state index contributed by atoms with van der Waals surface area (Å²) in [6.45, 7) is 3.88. The first-order valence-corrected chi connectivity index (χ1v) is 13.0. The summed E-state index contributed by atoms with van der Waals surface area (Å²) in [4.78, 5) is 24.7. The summed E-state index contributed by atoms with van der Waals surface area (Å²) in [5, 5.41) is 19.3. The third-order valence-electron chi connectivity index (χ3n) is 5.80. The molecule has 0 saturated heterocycles. The van der Waals surface area contributed by atoms with E-state index in [1.165, 1.54) is 45.2 Å². The number of carbonyl (C=O) groups excluding carboxylic acids is 2. The van der Waals surface area contributed by atoms with Gasteiger partial charge in [-0.2, -0.15) is 13.2 Å². The number of benzene rings is 2. The third kappa shape index (κ3) is 11.8. The Balaban J connectivity index is 2.05. The van der Waals surface area contributed by atoms with Crippen molar-refractivity contribution in [1.82, 2.24) is 16.0 Å². The summed E-state index contributed by atoms with van der Waals surface area (Å²) >= 11 is 0. The highest BCUT2D eigenvalue weighted by Gasteiger charge is 2.43. The van der Waals surface area contributed by atoms with Crippen molar-refractivity contribution in [2.24, 2.45) is 0 Å². The minimum Gasteiger partial charge on any atom is -0.494 e. The normalized spacial score (nSPS) is 14.0. The van der Waals surface area contributed by atoms with E-state index in [0.29, 0.717) is 17.2 Å². The Morgan fingerprint density at radius 2 is 1.73 bits per heavy atom. The van der Waals surface area contributed by atoms with Crippen molar-refractivity contribution >= 4 is 17.5 Å². The fraction of sp³-hybridized carbons (Fsp3) is 0.500. The minimum atomic E-state index is -4.72. The molecule has 41 heavy (non-hydrogen) atoms. The summed E-state index contributed by atoms with van der Waals surface area (Å²) in [6, 6.07) is 7.67. The number of aliphatic hydroxyl groups excluding tert-OH is 1. The van der Waals surface area contributed by atoms with E-state index in [4.69, 9.17) is 14.6 Å². The molecule has 0 aliphatic heterocycles. The number of aliphatic hydroxyl groups is 1. The zero-order valence-corrected chi connectivity index (χ0v) is 23.5. The van der Waals surface area contributed by atoms with Crippen LogP contribution in [0.15, 0.2) is 48.5 Å². The maximum atomic E-state index is 14.6. The number of ether oxygens (including phenoxy) is 2. The number of nitrogens with one attached hydrogen (secondary N) is 4. The molecule has 0 aliphatic rings. The smallest absolute Gasteiger partial charge is 0.407 e. The lowest BCUT2D eigenvalue weighted by atomic mass is 9.97. The molecule has 0 aromatic heterocycles. The van der Waals surface area contributed by atoms with Gasteiger partial charge in [-0.25, -0.2) is 4.39 Å². The van der Waals surface area contributed by atoms with Crippen LogP contribution in [-0.2, 0) is 9.59 Å². The molecule has 0 bridgehead atoms. The Labute approximate surface area is 237 Å². The first-order valence-electron chi connectivity index (χ1n) is 13.0. The van der Waals surface area contributed by atoms with E-state index < -0.39 is 48.2 Å². The van der Waals surface area contributed by atoms with Crippen molar-refractivity contribution in [1.29, 1.82) is 0 Å². The second-order valence-electron chi connectivity index (χ2n) is 10.0. The molecule has 13 heteroatoms. The van der Waals surface area contributed by atoms with Crippen molar-refractivity contribution in [2.75, 3.05) is 38.7 Å². The Bertz CT molecular complexity index is 1110. The van der Waals surface area contributed by atoms with Crippen LogP contribution in [0.3, 0.4) is 0 Å². The van der Waals surface area contributed by atoms with Crippen LogP contribution < -0.4 is 30.7 Å². The van der Waals surface area contributed by atoms with E-state index >= 15 is 0 Å². The van der Waals surface area contributed by atoms with Gasteiger partial charge in [-0.15, -0.1) is 0 Å². The number of carbonyl (C=O) groups is 2. The number of hydrogen-bond donors (Lipinski definition) is 5. The van der Waals surface area contributed by atoms with Crippen molar-refractivity contribution < 1.29 is 41.7 Å². The Morgan fingerprint density at radius 3 is 2.32 bits per heavy atom. The molecule has 5 N–H and O–H groups in total. The van der Waals surface area contributed by atoms with Crippen molar-refractivity contribution in [3.8, 4) is 11.5 Å². The predicted octanol–water partition coefficient (Wildman–Crippen LogP) is 3.50. The zero-order chi connectivity index (χ0) is 30.6. The molecule has 0 unspecified atom stereocenters. The SMILES string of the molecule is COc1cc(OCC(=O)NCCO)ccc1NC[C@H](C)NC(=O)[C@H](CC(C)(C)F)N[C@@H](c1ccccc1)C(F)(F)F. The predicted molar refractivity (Wildman–Crippen MR) is 147 cm³/mol. The van der Waals surface area contributed by atoms with Gasteiger partial charge in [-0.3, -0.25) is 14.9 Å². The lowest BCUT2D eigenvalue weighted by molar-refractivity contribution is -0.161. The Hall–Kier alpha value is -3.58.